The third-order valence-electron chi connectivity index (χ3n) is 3.21. The molecule has 0 spiro atoms. The Balaban J connectivity index is 2.21. The van der Waals surface area contributed by atoms with Crippen molar-refractivity contribution in [1.29, 1.82) is 0 Å². The van der Waals surface area contributed by atoms with Crippen molar-refractivity contribution >= 4 is 22.2 Å². The van der Waals surface area contributed by atoms with Gasteiger partial charge in [-0.25, -0.2) is 4.98 Å². The van der Waals surface area contributed by atoms with Crippen LogP contribution in [0.4, 0.5) is 0 Å². The Morgan fingerprint density at radius 2 is 2.32 bits per heavy atom. The molecule has 2 aromatic heterocycles. The van der Waals surface area contributed by atoms with Crippen molar-refractivity contribution in [2.75, 3.05) is 13.2 Å². The van der Waals surface area contributed by atoms with Crippen LogP contribution in [0.3, 0.4) is 0 Å². The predicted octanol–water partition coefficient (Wildman–Crippen LogP) is 1.30. The number of aliphatic hydroxyl groups is 1. The molecule has 6 heteroatoms. The highest BCUT2D eigenvalue weighted by molar-refractivity contribution is 7.15. The Morgan fingerprint density at radius 3 is 2.95 bits per heavy atom. The lowest BCUT2D eigenvalue weighted by molar-refractivity contribution is -0.119. The van der Waals surface area contributed by atoms with Crippen molar-refractivity contribution in [3.8, 4) is 0 Å². The fraction of sp³-hybridized carbons (Fsp3) is 0.538. The molecule has 0 saturated carbocycles. The number of carbonyl (C=O) groups is 1. The summed E-state index contributed by atoms with van der Waals surface area (Å²) in [6.07, 6.45) is 0.710. The minimum absolute atomic E-state index is 0.0156. The van der Waals surface area contributed by atoms with Crippen LogP contribution in [-0.2, 0) is 11.2 Å². The van der Waals surface area contributed by atoms with Gasteiger partial charge in [-0.1, -0.05) is 0 Å². The lowest BCUT2D eigenvalue weighted by Gasteiger charge is -2.14. The van der Waals surface area contributed by atoms with Crippen LogP contribution < -0.4 is 5.32 Å². The van der Waals surface area contributed by atoms with Gasteiger partial charge in [-0.2, -0.15) is 0 Å². The Hall–Kier alpha value is -1.40. The highest BCUT2D eigenvalue weighted by atomic mass is 32.1. The molecule has 2 aromatic rings. The van der Waals surface area contributed by atoms with E-state index in [1.54, 1.807) is 11.3 Å². The highest BCUT2D eigenvalue weighted by Crippen LogP contribution is 2.22. The van der Waals surface area contributed by atoms with Crippen LogP contribution in [0.5, 0.6) is 0 Å². The number of thiazole rings is 1. The molecular formula is C13H19N3O2S. The lowest BCUT2D eigenvalue weighted by Crippen LogP contribution is -2.30. The summed E-state index contributed by atoms with van der Waals surface area (Å²) in [7, 11) is 0. The second-order valence-electron chi connectivity index (χ2n) is 4.83. The van der Waals surface area contributed by atoms with E-state index in [1.165, 1.54) is 6.92 Å². The maximum Gasteiger partial charge on any atom is 0.216 e. The average molecular weight is 281 g/mol. The minimum Gasteiger partial charge on any atom is -0.396 e. The summed E-state index contributed by atoms with van der Waals surface area (Å²) in [6, 6.07) is 0. The van der Waals surface area contributed by atoms with E-state index in [-0.39, 0.29) is 18.4 Å². The summed E-state index contributed by atoms with van der Waals surface area (Å²) in [5, 5.41) is 14.3. The maximum atomic E-state index is 11.0. The number of nitrogens with one attached hydrogen (secondary N) is 1. The van der Waals surface area contributed by atoms with Crippen molar-refractivity contribution in [3.05, 3.63) is 22.5 Å². The number of rotatable bonds is 5. The topological polar surface area (TPSA) is 66.6 Å². The summed E-state index contributed by atoms with van der Waals surface area (Å²) in [6.45, 7) is 6.06. The molecule has 2 N–H and O–H groups in total. The first-order valence-electron chi connectivity index (χ1n) is 6.30. The molecule has 0 aromatic carbocycles. The van der Waals surface area contributed by atoms with Crippen LogP contribution in [0.15, 0.2) is 5.38 Å². The number of hydrogen-bond donors (Lipinski definition) is 2. The van der Waals surface area contributed by atoms with Gasteiger partial charge >= 0.3 is 0 Å². The van der Waals surface area contributed by atoms with E-state index >= 15 is 0 Å². The Kier molecular flexibility index (Phi) is 4.21. The Morgan fingerprint density at radius 1 is 1.58 bits per heavy atom. The monoisotopic (exact) mass is 281 g/mol. The normalized spacial score (nSPS) is 12.8. The van der Waals surface area contributed by atoms with E-state index in [1.807, 2.05) is 6.92 Å². The molecule has 1 atom stereocenters. The third-order valence-corrected chi connectivity index (χ3v) is 4.15. The minimum atomic E-state index is -0.0692. The fourth-order valence-corrected chi connectivity index (χ4v) is 3.10. The summed E-state index contributed by atoms with van der Waals surface area (Å²) in [5.41, 5.74) is 3.28. The van der Waals surface area contributed by atoms with Crippen LogP contribution in [0.1, 0.15) is 24.0 Å². The molecule has 1 unspecified atom stereocenters. The first-order valence-corrected chi connectivity index (χ1v) is 7.18. The van der Waals surface area contributed by atoms with E-state index in [0.29, 0.717) is 13.0 Å². The van der Waals surface area contributed by atoms with Gasteiger partial charge < -0.3 is 10.4 Å². The highest BCUT2D eigenvalue weighted by Gasteiger charge is 2.17. The van der Waals surface area contributed by atoms with E-state index in [4.69, 9.17) is 0 Å². The van der Waals surface area contributed by atoms with Gasteiger partial charge in [-0.3, -0.25) is 9.20 Å². The molecule has 0 aliphatic rings. The van der Waals surface area contributed by atoms with Gasteiger partial charge in [0.2, 0.25) is 5.91 Å². The fourth-order valence-electron chi connectivity index (χ4n) is 2.17. The van der Waals surface area contributed by atoms with Gasteiger partial charge in [-0.15, -0.1) is 11.3 Å². The lowest BCUT2D eigenvalue weighted by atomic mass is 10.0. The van der Waals surface area contributed by atoms with Gasteiger partial charge in [0.1, 0.15) is 0 Å². The average Bonchev–Trinajstić information content (AvgIpc) is 2.85. The standard InChI is InChI=1S/C13H19N3O2S/c1-8-7-19-13-15-9(2)12(16(8)13)4-11(6-17)5-14-10(3)18/h7,11,17H,4-6H2,1-3H3,(H,14,18). The first-order chi connectivity index (χ1) is 9.02. The summed E-state index contributed by atoms with van der Waals surface area (Å²) in [5.74, 6) is -0.0536. The van der Waals surface area contributed by atoms with Crippen molar-refractivity contribution < 1.29 is 9.90 Å². The van der Waals surface area contributed by atoms with E-state index in [2.05, 4.69) is 27.0 Å². The number of fused-ring (bicyclic) bond motifs is 1. The van der Waals surface area contributed by atoms with Crippen molar-refractivity contribution in [2.24, 2.45) is 5.92 Å². The van der Waals surface area contributed by atoms with Gasteiger partial charge in [0.05, 0.1) is 5.69 Å². The van der Waals surface area contributed by atoms with E-state index in [0.717, 1.165) is 22.0 Å². The number of nitrogens with zero attached hydrogens (tertiary/aromatic N) is 2. The first kappa shape index (κ1) is 14.0. The molecular weight excluding hydrogens is 262 g/mol. The van der Waals surface area contributed by atoms with Gasteiger partial charge in [-0.05, 0) is 20.3 Å². The number of aromatic nitrogens is 2. The van der Waals surface area contributed by atoms with Crippen LogP contribution in [0.25, 0.3) is 4.96 Å². The van der Waals surface area contributed by atoms with Crippen LogP contribution in [0.2, 0.25) is 0 Å². The molecule has 104 valence electrons. The summed E-state index contributed by atoms with van der Waals surface area (Å²) >= 11 is 1.62. The Bertz CT molecular complexity index is 588. The predicted molar refractivity (Wildman–Crippen MR) is 75.5 cm³/mol. The smallest absolute Gasteiger partial charge is 0.216 e. The summed E-state index contributed by atoms with van der Waals surface area (Å²) < 4.78 is 2.14. The van der Waals surface area contributed by atoms with Crippen molar-refractivity contribution in [2.45, 2.75) is 27.2 Å². The zero-order chi connectivity index (χ0) is 14.0. The number of aryl methyl sites for hydroxylation is 2. The number of hydrogen-bond acceptors (Lipinski definition) is 4. The molecule has 0 saturated heterocycles. The van der Waals surface area contributed by atoms with Gasteiger partial charge in [0, 0.05) is 42.8 Å². The molecule has 0 aliphatic carbocycles. The molecule has 0 bridgehead atoms. The number of imidazole rings is 1. The molecule has 1 amide bonds. The molecule has 19 heavy (non-hydrogen) atoms. The molecule has 2 heterocycles. The van der Waals surface area contributed by atoms with E-state index in [9.17, 15) is 9.90 Å². The molecule has 5 nitrogen and oxygen atoms in total. The molecule has 0 fully saturated rings. The Labute approximate surface area is 116 Å². The second-order valence-corrected chi connectivity index (χ2v) is 5.67. The van der Waals surface area contributed by atoms with Crippen LogP contribution in [0, 0.1) is 19.8 Å². The van der Waals surface area contributed by atoms with Gasteiger partial charge in [0.15, 0.2) is 4.96 Å². The molecule has 0 aliphatic heterocycles. The second kappa shape index (κ2) is 5.71. The van der Waals surface area contributed by atoms with Crippen LogP contribution in [-0.4, -0.2) is 33.6 Å². The SMILES string of the molecule is CC(=O)NCC(CO)Cc1c(C)nc2scc(C)n12. The zero-order valence-electron chi connectivity index (χ0n) is 11.4. The number of aliphatic hydroxyl groups excluding tert-OH is 1. The molecule has 2 rings (SSSR count). The third kappa shape index (κ3) is 2.96. The number of carbonyl (C=O) groups excluding carboxylic acids is 1. The number of amides is 1. The quantitative estimate of drug-likeness (QED) is 0.868. The van der Waals surface area contributed by atoms with Crippen molar-refractivity contribution in [3.63, 3.8) is 0 Å². The van der Waals surface area contributed by atoms with Crippen LogP contribution >= 0.6 is 11.3 Å². The molecule has 0 radical (unpaired) electrons. The van der Waals surface area contributed by atoms with Crippen molar-refractivity contribution in [1.82, 2.24) is 14.7 Å². The van der Waals surface area contributed by atoms with E-state index < -0.39 is 0 Å². The maximum absolute atomic E-state index is 11.0. The zero-order valence-corrected chi connectivity index (χ0v) is 12.3. The summed E-state index contributed by atoms with van der Waals surface area (Å²) in [4.78, 5) is 16.5. The largest absolute Gasteiger partial charge is 0.396 e. The van der Waals surface area contributed by atoms with Gasteiger partial charge in [0.25, 0.3) is 0 Å².